The van der Waals surface area contributed by atoms with Crippen LogP contribution in [-0.4, -0.2) is 11.6 Å². The quantitative estimate of drug-likeness (QED) is 0.474. The zero-order valence-electron chi connectivity index (χ0n) is 9.39. The third kappa shape index (κ3) is 3.51. The molecule has 17 heavy (non-hydrogen) atoms. The van der Waals surface area contributed by atoms with Crippen LogP contribution in [0.15, 0.2) is 12.1 Å². The Hall–Kier alpha value is -0.930. The van der Waals surface area contributed by atoms with E-state index in [2.05, 4.69) is 0 Å². The highest BCUT2D eigenvalue weighted by molar-refractivity contribution is 6.37. The van der Waals surface area contributed by atoms with Crippen LogP contribution >= 0.6 is 23.2 Å². The number of hydrogen-bond donors (Lipinski definition) is 0. The summed E-state index contributed by atoms with van der Waals surface area (Å²) in [5, 5.41) is -0.0975. The first kappa shape index (κ1) is 14.1. The zero-order valence-corrected chi connectivity index (χ0v) is 10.9. The fourth-order valence-electron chi connectivity index (χ4n) is 1.19. The van der Waals surface area contributed by atoms with Gasteiger partial charge in [-0.15, -0.1) is 0 Å². The lowest BCUT2D eigenvalue weighted by atomic mass is 10.00. The van der Waals surface area contributed by atoms with Gasteiger partial charge in [0.2, 0.25) is 0 Å². The van der Waals surface area contributed by atoms with Crippen molar-refractivity contribution in [3.8, 4) is 0 Å². The van der Waals surface area contributed by atoms with E-state index in [0.29, 0.717) is 0 Å². The topological polar surface area (TPSA) is 34.1 Å². The molecule has 1 aromatic rings. The Morgan fingerprint density at radius 2 is 1.82 bits per heavy atom. The van der Waals surface area contributed by atoms with Crippen LogP contribution in [-0.2, 0) is 4.79 Å². The molecule has 0 N–H and O–H groups in total. The molecular formula is C12H11Cl2FO2. The number of benzene rings is 1. The first-order chi connectivity index (χ1) is 7.82. The van der Waals surface area contributed by atoms with Crippen LogP contribution in [0.2, 0.25) is 10.0 Å². The molecule has 92 valence electrons. The van der Waals surface area contributed by atoms with Gasteiger partial charge in [0.15, 0.2) is 5.78 Å². The van der Waals surface area contributed by atoms with E-state index in [4.69, 9.17) is 23.2 Å². The normalized spacial score (nSPS) is 10.7. The zero-order chi connectivity index (χ0) is 13.2. The molecule has 0 aromatic heterocycles. The maximum atomic E-state index is 13.2. The van der Waals surface area contributed by atoms with Crippen molar-refractivity contribution < 1.29 is 14.0 Å². The van der Waals surface area contributed by atoms with Gasteiger partial charge in [0.1, 0.15) is 11.6 Å². The summed E-state index contributed by atoms with van der Waals surface area (Å²) >= 11 is 11.3. The van der Waals surface area contributed by atoms with Gasteiger partial charge < -0.3 is 0 Å². The van der Waals surface area contributed by atoms with Gasteiger partial charge in [0.05, 0.1) is 16.5 Å². The molecule has 0 aliphatic heterocycles. The number of halogens is 3. The highest BCUT2D eigenvalue weighted by Gasteiger charge is 2.18. The summed E-state index contributed by atoms with van der Waals surface area (Å²) in [6.07, 6.45) is -0.279. The van der Waals surface area contributed by atoms with Crippen LogP contribution in [0.1, 0.15) is 30.6 Å². The minimum absolute atomic E-state index is 0.0115. The van der Waals surface area contributed by atoms with E-state index in [1.54, 1.807) is 13.8 Å². The van der Waals surface area contributed by atoms with Crippen LogP contribution in [0.25, 0.3) is 0 Å². The van der Waals surface area contributed by atoms with E-state index in [0.717, 1.165) is 12.1 Å². The van der Waals surface area contributed by atoms with Crippen LogP contribution in [0.4, 0.5) is 4.39 Å². The smallest absolute Gasteiger partial charge is 0.171 e. The van der Waals surface area contributed by atoms with Crippen molar-refractivity contribution in [3.05, 3.63) is 33.6 Å². The van der Waals surface area contributed by atoms with Gasteiger partial charge in [-0.3, -0.25) is 9.59 Å². The van der Waals surface area contributed by atoms with Crippen molar-refractivity contribution in [2.75, 3.05) is 0 Å². The minimum Gasteiger partial charge on any atom is -0.299 e. The van der Waals surface area contributed by atoms with E-state index < -0.39 is 11.6 Å². The van der Waals surface area contributed by atoms with Crippen molar-refractivity contribution >= 4 is 34.8 Å². The van der Waals surface area contributed by atoms with Crippen LogP contribution in [0.5, 0.6) is 0 Å². The highest BCUT2D eigenvalue weighted by atomic mass is 35.5. The van der Waals surface area contributed by atoms with E-state index >= 15 is 0 Å². The summed E-state index contributed by atoms with van der Waals surface area (Å²) in [6, 6.07) is 2.12. The van der Waals surface area contributed by atoms with Crippen LogP contribution < -0.4 is 0 Å². The number of rotatable bonds is 4. The summed E-state index contributed by atoms with van der Waals surface area (Å²) in [6.45, 7) is 3.39. The minimum atomic E-state index is -0.726. The molecule has 0 heterocycles. The number of ketones is 2. The summed E-state index contributed by atoms with van der Waals surface area (Å²) in [5.74, 6) is -1.67. The third-order valence-corrected chi connectivity index (χ3v) is 2.89. The summed E-state index contributed by atoms with van der Waals surface area (Å²) in [5.41, 5.74) is -0.0115. The molecule has 2 nitrogen and oxygen atoms in total. The van der Waals surface area contributed by atoms with Crippen molar-refractivity contribution in [3.63, 3.8) is 0 Å². The van der Waals surface area contributed by atoms with Gasteiger partial charge in [0.25, 0.3) is 0 Å². The molecule has 0 bridgehead atoms. The Balaban J connectivity index is 2.97. The second-order valence-corrected chi connectivity index (χ2v) is 4.78. The van der Waals surface area contributed by atoms with Crippen molar-refractivity contribution in [1.29, 1.82) is 0 Å². The number of Topliss-reactive ketones (excluding diaryl/α,β-unsaturated/α-hetero) is 2. The lowest BCUT2D eigenvalue weighted by Crippen LogP contribution is -2.14. The molecule has 0 spiro atoms. The van der Waals surface area contributed by atoms with E-state index in [-0.39, 0.29) is 33.7 Å². The second-order valence-electron chi connectivity index (χ2n) is 3.97. The Bertz CT molecular complexity index is 470. The Morgan fingerprint density at radius 1 is 1.24 bits per heavy atom. The van der Waals surface area contributed by atoms with Crippen LogP contribution in [0, 0.1) is 11.7 Å². The lowest BCUT2D eigenvalue weighted by Gasteiger charge is -2.06. The maximum absolute atomic E-state index is 13.2. The number of hydrogen-bond acceptors (Lipinski definition) is 2. The molecule has 0 aliphatic rings. The monoisotopic (exact) mass is 276 g/mol. The Labute approximate surface area is 109 Å². The molecule has 0 aliphatic carbocycles. The van der Waals surface area contributed by atoms with Crippen molar-refractivity contribution in [2.24, 2.45) is 5.92 Å². The molecule has 0 atom stereocenters. The molecule has 0 amide bonds. The Kier molecular flexibility index (Phi) is 4.66. The van der Waals surface area contributed by atoms with Gasteiger partial charge in [-0.25, -0.2) is 4.39 Å². The predicted octanol–water partition coefficient (Wildman–Crippen LogP) is 3.93. The molecule has 0 saturated heterocycles. The summed E-state index contributed by atoms with van der Waals surface area (Å²) in [7, 11) is 0. The van der Waals surface area contributed by atoms with Crippen molar-refractivity contribution in [2.45, 2.75) is 20.3 Å². The lowest BCUT2D eigenvalue weighted by molar-refractivity contribution is -0.121. The SMILES string of the molecule is CC(C)C(=O)CC(=O)c1cc(F)c(Cl)cc1Cl. The Morgan fingerprint density at radius 3 is 2.35 bits per heavy atom. The largest absolute Gasteiger partial charge is 0.299 e. The van der Waals surface area contributed by atoms with E-state index in [1.807, 2.05) is 0 Å². The highest BCUT2D eigenvalue weighted by Crippen LogP contribution is 2.25. The molecule has 1 rings (SSSR count). The first-order valence-corrected chi connectivity index (χ1v) is 5.79. The predicted molar refractivity (Wildman–Crippen MR) is 65.2 cm³/mol. The van der Waals surface area contributed by atoms with Crippen LogP contribution in [0.3, 0.4) is 0 Å². The molecule has 0 unspecified atom stereocenters. The summed E-state index contributed by atoms with van der Waals surface area (Å²) < 4.78 is 13.2. The molecule has 5 heteroatoms. The van der Waals surface area contributed by atoms with Gasteiger partial charge in [-0.1, -0.05) is 37.0 Å². The third-order valence-electron chi connectivity index (χ3n) is 2.29. The number of carbonyl (C=O) groups excluding carboxylic acids is 2. The molecule has 0 radical (unpaired) electrons. The average Bonchev–Trinajstić information content (AvgIpc) is 2.22. The number of carbonyl (C=O) groups is 2. The maximum Gasteiger partial charge on any atom is 0.171 e. The average molecular weight is 277 g/mol. The van der Waals surface area contributed by atoms with Gasteiger partial charge in [0, 0.05) is 11.5 Å². The fourth-order valence-corrected chi connectivity index (χ4v) is 1.68. The molecule has 1 aromatic carbocycles. The summed E-state index contributed by atoms with van der Waals surface area (Å²) in [4.78, 5) is 23.1. The first-order valence-electron chi connectivity index (χ1n) is 5.03. The van der Waals surface area contributed by atoms with E-state index in [1.165, 1.54) is 0 Å². The van der Waals surface area contributed by atoms with E-state index in [9.17, 15) is 14.0 Å². The van der Waals surface area contributed by atoms with Gasteiger partial charge >= 0.3 is 0 Å². The van der Waals surface area contributed by atoms with Crippen molar-refractivity contribution in [1.82, 2.24) is 0 Å². The van der Waals surface area contributed by atoms with Gasteiger partial charge in [-0.05, 0) is 12.1 Å². The van der Waals surface area contributed by atoms with Gasteiger partial charge in [-0.2, -0.15) is 0 Å². The fraction of sp³-hybridized carbons (Fsp3) is 0.333. The second kappa shape index (κ2) is 5.61. The standard InChI is InChI=1S/C12H11Cl2FO2/c1-6(2)11(16)5-12(17)7-3-10(15)9(14)4-8(7)13/h3-4,6H,5H2,1-2H3. The molecular weight excluding hydrogens is 266 g/mol. The molecule has 0 fully saturated rings. The molecule has 0 saturated carbocycles.